The highest BCUT2D eigenvalue weighted by Gasteiger charge is 2.03. The van der Waals surface area contributed by atoms with Crippen molar-refractivity contribution in [2.24, 2.45) is 0 Å². The first-order valence-electron chi connectivity index (χ1n) is 6.37. The van der Waals surface area contributed by atoms with Crippen LogP contribution in [0.1, 0.15) is 27.8 Å². The monoisotopic (exact) mass is 258 g/mol. The lowest BCUT2D eigenvalue weighted by Crippen LogP contribution is -1.96. The Balaban J connectivity index is 2.13. The molecule has 0 aliphatic rings. The SMILES string of the molecule is Cc1ccc(CCc2cc(C)ccc2C)c(Cl)c1. The minimum Gasteiger partial charge on any atom is -0.0840 e. The summed E-state index contributed by atoms with van der Waals surface area (Å²) in [5.41, 5.74) is 6.57. The lowest BCUT2D eigenvalue weighted by Gasteiger charge is -2.09. The van der Waals surface area contributed by atoms with E-state index < -0.39 is 0 Å². The van der Waals surface area contributed by atoms with Crippen molar-refractivity contribution in [3.8, 4) is 0 Å². The van der Waals surface area contributed by atoms with Gasteiger partial charge in [-0.1, -0.05) is 47.5 Å². The predicted octanol–water partition coefficient (Wildman–Crippen LogP) is 5.05. The van der Waals surface area contributed by atoms with Crippen molar-refractivity contribution in [3.05, 3.63) is 69.2 Å². The van der Waals surface area contributed by atoms with E-state index in [0.717, 1.165) is 17.9 Å². The zero-order valence-electron chi connectivity index (χ0n) is 11.3. The van der Waals surface area contributed by atoms with Crippen LogP contribution in [0.15, 0.2) is 36.4 Å². The minimum absolute atomic E-state index is 0.889. The van der Waals surface area contributed by atoms with Crippen LogP contribution in [0.4, 0.5) is 0 Å². The number of benzene rings is 2. The molecule has 2 aromatic rings. The van der Waals surface area contributed by atoms with E-state index in [1.807, 2.05) is 6.07 Å². The average molecular weight is 259 g/mol. The number of rotatable bonds is 3. The Kier molecular flexibility index (Phi) is 4.08. The van der Waals surface area contributed by atoms with Crippen LogP contribution in [0.5, 0.6) is 0 Å². The fourth-order valence-corrected chi connectivity index (χ4v) is 2.52. The molecule has 0 saturated heterocycles. The first-order chi connectivity index (χ1) is 8.56. The highest BCUT2D eigenvalue weighted by atomic mass is 35.5. The topological polar surface area (TPSA) is 0 Å². The summed E-state index contributed by atoms with van der Waals surface area (Å²) in [5, 5.41) is 0.889. The van der Waals surface area contributed by atoms with Crippen molar-refractivity contribution < 1.29 is 0 Å². The van der Waals surface area contributed by atoms with E-state index >= 15 is 0 Å². The normalized spacial score (nSPS) is 10.7. The third kappa shape index (κ3) is 3.14. The Morgan fingerprint density at radius 2 is 1.39 bits per heavy atom. The molecular formula is C17H19Cl. The molecule has 0 fully saturated rings. The highest BCUT2D eigenvalue weighted by molar-refractivity contribution is 6.31. The summed E-state index contributed by atoms with van der Waals surface area (Å²) in [4.78, 5) is 0. The van der Waals surface area contributed by atoms with Gasteiger partial charge in [0.2, 0.25) is 0 Å². The van der Waals surface area contributed by atoms with E-state index in [-0.39, 0.29) is 0 Å². The molecule has 2 rings (SSSR count). The number of hydrogen-bond acceptors (Lipinski definition) is 0. The molecule has 0 aliphatic heterocycles. The lowest BCUT2D eigenvalue weighted by atomic mass is 9.98. The molecule has 0 radical (unpaired) electrons. The first kappa shape index (κ1) is 13.2. The average Bonchev–Trinajstić information content (AvgIpc) is 2.32. The van der Waals surface area contributed by atoms with E-state index in [1.54, 1.807) is 0 Å². The van der Waals surface area contributed by atoms with Crippen LogP contribution in [-0.4, -0.2) is 0 Å². The highest BCUT2D eigenvalue weighted by Crippen LogP contribution is 2.20. The Bertz CT molecular complexity index is 556. The van der Waals surface area contributed by atoms with Crippen molar-refractivity contribution in [3.63, 3.8) is 0 Å². The van der Waals surface area contributed by atoms with Gasteiger partial charge in [-0.25, -0.2) is 0 Å². The standard InChI is InChI=1S/C17H19Cl/c1-12-4-6-14(3)16(10-12)9-8-15-7-5-13(2)11-17(15)18/h4-7,10-11H,8-9H2,1-3H3. The van der Waals surface area contributed by atoms with E-state index in [2.05, 4.69) is 51.1 Å². The maximum Gasteiger partial charge on any atom is 0.0440 e. The molecule has 0 N–H and O–H groups in total. The Labute approximate surface area is 115 Å². The summed E-state index contributed by atoms with van der Waals surface area (Å²) in [7, 11) is 0. The zero-order valence-corrected chi connectivity index (χ0v) is 12.0. The molecule has 0 spiro atoms. The zero-order chi connectivity index (χ0) is 13.1. The summed E-state index contributed by atoms with van der Waals surface area (Å²) in [5.74, 6) is 0. The smallest absolute Gasteiger partial charge is 0.0440 e. The molecule has 1 heteroatoms. The molecule has 18 heavy (non-hydrogen) atoms. The van der Waals surface area contributed by atoms with Gasteiger partial charge in [-0.15, -0.1) is 0 Å². The van der Waals surface area contributed by atoms with Gasteiger partial charge in [-0.05, 0) is 61.9 Å². The third-order valence-corrected chi connectivity index (χ3v) is 3.73. The Morgan fingerprint density at radius 3 is 2.11 bits per heavy atom. The van der Waals surface area contributed by atoms with Crippen molar-refractivity contribution in [2.45, 2.75) is 33.6 Å². The van der Waals surface area contributed by atoms with Crippen molar-refractivity contribution in [1.29, 1.82) is 0 Å². The molecule has 0 amide bonds. The van der Waals surface area contributed by atoms with Crippen LogP contribution >= 0.6 is 11.6 Å². The lowest BCUT2D eigenvalue weighted by molar-refractivity contribution is 0.946. The van der Waals surface area contributed by atoms with Crippen molar-refractivity contribution in [1.82, 2.24) is 0 Å². The van der Waals surface area contributed by atoms with Gasteiger partial charge in [-0.2, -0.15) is 0 Å². The molecule has 0 heterocycles. The largest absolute Gasteiger partial charge is 0.0840 e. The summed E-state index contributed by atoms with van der Waals surface area (Å²) < 4.78 is 0. The van der Waals surface area contributed by atoms with Crippen LogP contribution in [0.2, 0.25) is 5.02 Å². The van der Waals surface area contributed by atoms with E-state index in [0.29, 0.717) is 0 Å². The summed E-state index contributed by atoms with van der Waals surface area (Å²) in [6, 6.07) is 12.9. The molecule has 0 aromatic heterocycles. The molecule has 0 nitrogen and oxygen atoms in total. The van der Waals surface area contributed by atoms with Crippen LogP contribution < -0.4 is 0 Å². The van der Waals surface area contributed by atoms with Gasteiger partial charge < -0.3 is 0 Å². The second-order valence-electron chi connectivity index (χ2n) is 5.02. The molecular weight excluding hydrogens is 240 g/mol. The maximum absolute atomic E-state index is 6.27. The molecule has 0 bridgehead atoms. The van der Waals surface area contributed by atoms with Crippen LogP contribution in [0.3, 0.4) is 0 Å². The van der Waals surface area contributed by atoms with Crippen LogP contribution in [0.25, 0.3) is 0 Å². The van der Waals surface area contributed by atoms with Crippen molar-refractivity contribution in [2.75, 3.05) is 0 Å². The third-order valence-electron chi connectivity index (χ3n) is 3.38. The first-order valence-corrected chi connectivity index (χ1v) is 6.75. The number of aryl methyl sites for hydroxylation is 5. The predicted molar refractivity (Wildman–Crippen MR) is 79.5 cm³/mol. The second kappa shape index (κ2) is 5.58. The Hall–Kier alpha value is -1.27. The summed E-state index contributed by atoms with van der Waals surface area (Å²) >= 11 is 6.27. The van der Waals surface area contributed by atoms with E-state index in [4.69, 9.17) is 11.6 Å². The van der Waals surface area contributed by atoms with Gasteiger partial charge in [0, 0.05) is 5.02 Å². The second-order valence-corrected chi connectivity index (χ2v) is 5.43. The van der Waals surface area contributed by atoms with Gasteiger partial charge in [0.15, 0.2) is 0 Å². The molecule has 0 atom stereocenters. The van der Waals surface area contributed by atoms with Gasteiger partial charge in [0.1, 0.15) is 0 Å². The summed E-state index contributed by atoms with van der Waals surface area (Å²) in [6.07, 6.45) is 2.06. The van der Waals surface area contributed by atoms with Gasteiger partial charge in [0.25, 0.3) is 0 Å². The van der Waals surface area contributed by atoms with Gasteiger partial charge in [-0.3, -0.25) is 0 Å². The number of halogens is 1. The minimum atomic E-state index is 0.889. The summed E-state index contributed by atoms with van der Waals surface area (Å²) in [6.45, 7) is 6.38. The molecule has 94 valence electrons. The van der Waals surface area contributed by atoms with Gasteiger partial charge in [0.05, 0.1) is 0 Å². The Morgan fingerprint density at radius 1 is 0.778 bits per heavy atom. The van der Waals surface area contributed by atoms with Gasteiger partial charge >= 0.3 is 0 Å². The quantitative estimate of drug-likeness (QED) is 0.723. The maximum atomic E-state index is 6.27. The van der Waals surface area contributed by atoms with Crippen molar-refractivity contribution >= 4 is 11.6 Å². The van der Waals surface area contributed by atoms with Crippen LogP contribution in [0, 0.1) is 20.8 Å². The molecule has 0 aliphatic carbocycles. The van der Waals surface area contributed by atoms with E-state index in [1.165, 1.54) is 27.8 Å². The van der Waals surface area contributed by atoms with Crippen LogP contribution in [-0.2, 0) is 12.8 Å². The van der Waals surface area contributed by atoms with E-state index in [9.17, 15) is 0 Å². The molecule has 0 saturated carbocycles. The molecule has 0 unspecified atom stereocenters. The fourth-order valence-electron chi connectivity index (χ4n) is 2.19. The fraction of sp³-hybridized carbons (Fsp3) is 0.294. The molecule has 2 aromatic carbocycles. The number of hydrogen-bond donors (Lipinski definition) is 0.